The van der Waals surface area contributed by atoms with Crippen LogP contribution in [0, 0.1) is 6.92 Å². The Bertz CT molecular complexity index is 973. The van der Waals surface area contributed by atoms with Crippen LogP contribution in [0.3, 0.4) is 0 Å². The lowest BCUT2D eigenvalue weighted by Gasteiger charge is -2.32. The largest absolute Gasteiger partial charge is 0.490 e. The molecule has 1 N–H and O–H groups in total. The van der Waals surface area contributed by atoms with Gasteiger partial charge in [-0.15, -0.1) is 11.8 Å². The van der Waals surface area contributed by atoms with E-state index in [2.05, 4.69) is 90.1 Å². The standard InChI is InChI=1S/C25H28N2O2S/c1-18-4-9-21(10-5-18)27-14-15-29-24-16-20(8-13-23(24)27)25(28-2)26-17-19-6-11-22(30-3)12-7-19/h4-13,16,25-26H,14-15,17H2,1-3H3. The van der Waals surface area contributed by atoms with Crippen molar-refractivity contribution >= 4 is 23.1 Å². The second-order valence-corrected chi connectivity index (χ2v) is 8.29. The van der Waals surface area contributed by atoms with Gasteiger partial charge in [0.05, 0.1) is 12.2 Å². The number of benzene rings is 3. The summed E-state index contributed by atoms with van der Waals surface area (Å²) in [5, 5.41) is 3.50. The van der Waals surface area contributed by atoms with Gasteiger partial charge in [0.1, 0.15) is 18.6 Å². The lowest BCUT2D eigenvalue weighted by atomic mass is 10.1. The van der Waals surface area contributed by atoms with Gasteiger partial charge in [0, 0.05) is 24.2 Å². The Kier molecular flexibility index (Phi) is 6.62. The number of hydrogen-bond acceptors (Lipinski definition) is 5. The zero-order chi connectivity index (χ0) is 20.9. The van der Waals surface area contributed by atoms with E-state index in [9.17, 15) is 0 Å². The van der Waals surface area contributed by atoms with Crippen LogP contribution >= 0.6 is 11.8 Å². The molecule has 4 rings (SSSR count). The zero-order valence-corrected chi connectivity index (χ0v) is 18.5. The quantitative estimate of drug-likeness (QED) is 0.393. The summed E-state index contributed by atoms with van der Waals surface area (Å²) in [6, 6.07) is 23.6. The molecule has 0 radical (unpaired) electrons. The van der Waals surface area contributed by atoms with Gasteiger partial charge in [-0.05, 0) is 60.7 Å². The molecule has 0 amide bonds. The number of rotatable bonds is 7. The summed E-state index contributed by atoms with van der Waals surface area (Å²) in [6.07, 6.45) is 1.89. The number of nitrogens with zero attached hydrogens (tertiary/aromatic N) is 1. The molecule has 1 atom stereocenters. The van der Waals surface area contributed by atoms with Crippen LogP contribution in [0.1, 0.15) is 22.9 Å². The average molecular weight is 421 g/mol. The van der Waals surface area contributed by atoms with E-state index in [-0.39, 0.29) is 6.23 Å². The highest BCUT2D eigenvalue weighted by molar-refractivity contribution is 7.98. The molecule has 0 spiro atoms. The molecule has 1 aliphatic rings. The van der Waals surface area contributed by atoms with Crippen molar-refractivity contribution in [1.29, 1.82) is 0 Å². The number of anilines is 2. The molecule has 30 heavy (non-hydrogen) atoms. The third-order valence-corrected chi connectivity index (χ3v) is 6.13. The van der Waals surface area contributed by atoms with Gasteiger partial charge in [-0.3, -0.25) is 5.32 Å². The van der Waals surface area contributed by atoms with Gasteiger partial charge in [-0.25, -0.2) is 0 Å². The number of hydrogen-bond donors (Lipinski definition) is 1. The van der Waals surface area contributed by atoms with E-state index < -0.39 is 0 Å². The maximum Gasteiger partial charge on any atom is 0.143 e. The normalized spacial score (nSPS) is 14.2. The molecular formula is C25H28N2O2S. The fraction of sp³-hybridized carbons (Fsp3) is 0.280. The van der Waals surface area contributed by atoms with E-state index >= 15 is 0 Å². The van der Waals surface area contributed by atoms with Crippen LogP contribution in [0.4, 0.5) is 11.4 Å². The van der Waals surface area contributed by atoms with Crippen molar-refractivity contribution in [2.45, 2.75) is 24.6 Å². The minimum absolute atomic E-state index is 0.200. The Morgan fingerprint density at radius 1 is 1.07 bits per heavy atom. The van der Waals surface area contributed by atoms with Crippen molar-refractivity contribution in [3.8, 4) is 5.75 Å². The van der Waals surface area contributed by atoms with Gasteiger partial charge in [0.15, 0.2) is 0 Å². The fourth-order valence-corrected chi connectivity index (χ4v) is 4.09. The summed E-state index contributed by atoms with van der Waals surface area (Å²) in [7, 11) is 1.73. The van der Waals surface area contributed by atoms with E-state index in [1.807, 2.05) is 0 Å². The number of fused-ring (bicyclic) bond motifs is 1. The van der Waals surface area contributed by atoms with Gasteiger partial charge in [-0.2, -0.15) is 0 Å². The molecule has 5 heteroatoms. The Morgan fingerprint density at radius 2 is 1.83 bits per heavy atom. The summed E-state index contributed by atoms with van der Waals surface area (Å²) in [5.41, 5.74) is 5.83. The van der Waals surface area contributed by atoms with Crippen molar-refractivity contribution in [3.63, 3.8) is 0 Å². The minimum Gasteiger partial charge on any atom is -0.490 e. The molecule has 0 bridgehead atoms. The van der Waals surface area contributed by atoms with Gasteiger partial charge in [0.2, 0.25) is 0 Å². The second kappa shape index (κ2) is 9.56. The highest BCUT2D eigenvalue weighted by atomic mass is 32.2. The molecule has 3 aromatic carbocycles. The van der Waals surface area contributed by atoms with Crippen LogP contribution in [-0.4, -0.2) is 26.5 Å². The van der Waals surface area contributed by atoms with Crippen LogP contribution in [0.5, 0.6) is 5.75 Å². The lowest BCUT2D eigenvalue weighted by molar-refractivity contribution is 0.0718. The molecule has 3 aromatic rings. The number of methoxy groups -OCH3 is 1. The topological polar surface area (TPSA) is 33.7 Å². The predicted octanol–water partition coefficient (Wildman–Crippen LogP) is 5.68. The molecule has 0 aromatic heterocycles. The number of ether oxygens (including phenoxy) is 2. The molecule has 1 heterocycles. The van der Waals surface area contributed by atoms with E-state index in [4.69, 9.17) is 9.47 Å². The predicted molar refractivity (Wildman–Crippen MR) is 125 cm³/mol. The summed E-state index contributed by atoms with van der Waals surface area (Å²) in [4.78, 5) is 3.58. The van der Waals surface area contributed by atoms with Gasteiger partial charge >= 0.3 is 0 Å². The SMILES string of the molecule is COC(NCc1ccc(SC)cc1)c1ccc2c(c1)OCCN2c1ccc(C)cc1. The van der Waals surface area contributed by atoms with E-state index in [0.717, 1.165) is 30.1 Å². The van der Waals surface area contributed by atoms with Gasteiger partial charge < -0.3 is 14.4 Å². The van der Waals surface area contributed by atoms with Crippen molar-refractivity contribution < 1.29 is 9.47 Å². The van der Waals surface area contributed by atoms with E-state index in [1.165, 1.54) is 21.7 Å². The highest BCUT2D eigenvalue weighted by Gasteiger charge is 2.21. The first-order valence-corrected chi connectivity index (χ1v) is 11.4. The maximum absolute atomic E-state index is 6.00. The van der Waals surface area contributed by atoms with Gasteiger partial charge in [0.25, 0.3) is 0 Å². The molecule has 0 saturated heterocycles. The van der Waals surface area contributed by atoms with Crippen molar-refractivity contribution in [2.75, 3.05) is 31.4 Å². The van der Waals surface area contributed by atoms with Crippen LogP contribution in [0.2, 0.25) is 0 Å². The number of aryl methyl sites for hydroxylation is 1. The molecule has 4 nitrogen and oxygen atoms in total. The van der Waals surface area contributed by atoms with E-state index in [0.29, 0.717) is 6.61 Å². The number of thioether (sulfide) groups is 1. The first-order valence-electron chi connectivity index (χ1n) is 10.2. The Morgan fingerprint density at radius 3 is 2.53 bits per heavy atom. The Labute approximate surface area is 183 Å². The van der Waals surface area contributed by atoms with Crippen LogP contribution in [0.25, 0.3) is 0 Å². The lowest BCUT2D eigenvalue weighted by Crippen LogP contribution is -2.29. The minimum atomic E-state index is -0.200. The smallest absolute Gasteiger partial charge is 0.143 e. The first kappa shape index (κ1) is 20.8. The monoisotopic (exact) mass is 420 g/mol. The second-order valence-electron chi connectivity index (χ2n) is 7.41. The van der Waals surface area contributed by atoms with E-state index in [1.54, 1.807) is 18.9 Å². The first-order chi connectivity index (χ1) is 14.7. The van der Waals surface area contributed by atoms with Crippen LogP contribution in [0.15, 0.2) is 71.6 Å². The van der Waals surface area contributed by atoms with Crippen molar-refractivity contribution in [1.82, 2.24) is 5.32 Å². The third kappa shape index (κ3) is 4.64. The Balaban J connectivity index is 1.50. The van der Waals surface area contributed by atoms with Crippen molar-refractivity contribution in [2.24, 2.45) is 0 Å². The molecule has 0 aliphatic carbocycles. The average Bonchev–Trinajstić information content (AvgIpc) is 2.80. The summed E-state index contributed by atoms with van der Waals surface area (Å²) in [6.45, 7) is 4.35. The fourth-order valence-electron chi connectivity index (χ4n) is 3.68. The molecular weight excluding hydrogens is 392 g/mol. The van der Waals surface area contributed by atoms with Gasteiger partial charge in [-0.1, -0.05) is 35.9 Å². The molecule has 156 valence electrons. The summed E-state index contributed by atoms with van der Waals surface area (Å²) >= 11 is 1.75. The molecule has 0 saturated carbocycles. The highest BCUT2D eigenvalue weighted by Crippen LogP contribution is 2.38. The molecule has 0 fully saturated rings. The van der Waals surface area contributed by atoms with Crippen LogP contribution < -0.4 is 15.0 Å². The van der Waals surface area contributed by atoms with Crippen LogP contribution in [-0.2, 0) is 11.3 Å². The number of nitrogens with one attached hydrogen (secondary N) is 1. The third-order valence-electron chi connectivity index (χ3n) is 5.38. The summed E-state index contributed by atoms with van der Waals surface area (Å²) < 4.78 is 11.7. The summed E-state index contributed by atoms with van der Waals surface area (Å²) in [5.74, 6) is 0.896. The Hall–Kier alpha value is -2.47. The molecule has 1 aliphatic heterocycles. The zero-order valence-electron chi connectivity index (χ0n) is 17.7. The molecule has 1 unspecified atom stereocenters. The maximum atomic E-state index is 6.00. The van der Waals surface area contributed by atoms with Crippen molar-refractivity contribution in [3.05, 3.63) is 83.4 Å².